The minimum absolute atomic E-state index is 0.149. The first-order valence-corrected chi connectivity index (χ1v) is 8.19. The van der Waals surface area contributed by atoms with Gasteiger partial charge in [-0.2, -0.15) is 0 Å². The third-order valence-corrected chi connectivity index (χ3v) is 4.81. The predicted molar refractivity (Wildman–Crippen MR) is 86.4 cm³/mol. The Bertz CT molecular complexity index is 428. The topological polar surface area (TPSA) is 51.4 Å². The van der Waals surface area contributed by atoms with Gasteiger partial charge in [0.15, 0.2) is 0 Å². The first-order valence-electron chi connectivity index (χ1n) is 8.19. The molecule has 1 fully saturated rings. The molecule has 1 aliphatic rings. The Balaban J connectivity index is 2.16. The van der Waals surface area contributed by atoms with E-state index in [1.54, 1.807) is 7.11 Å². The van der Waals surface area contributed by atoms with Gasteiger partial charge in [-0.25, -0.2) is 4.98 Å². The molecule has 4 heteroatoms. The van der Waals surface area contributed by atoms with Crippen LogP contribution in [0.5, 0.6) is 5.88 Å². The average molecular weight is 291 g/mol. The van der Waals surface area contributed by atoms with Crippen LogP contribution in [0, 0.1) is 0 Å². The van der Waals surface area contributed by atoms with Crippen molar-refractivity contribution in [3.63, 3.8) is 0 Å². The van der Waals surface area contributed by atoms with Gasteiger partial charge in [0.25, 0.3) is 0 Å². The number of pyridine rings is 1. The summed E-state index contributed by atoms with van der Waals surface area (Å²) in [5, 5.41) is 0. The van der Waals surface area contributed by atoms with E-state index in [0.29, 0.717) is 5.88 Å². The van der Waals surface area contributed by atoms with E-state index in [1.807, 2.05) is 12.1 Å². The molecule has 0 unspecified atom stereocenters. The molecule has 0 spiro atoms. The van der Waals surface area contributed by atoms with E-state index >= 15 is 0 Å². The second kappa shape index (κ2) is 7.76. The molecule has 1 saturated carbocycles. The van der Waals surface area contributed by atoms with Crippen LogP contribution in [0.2, 0.25) is 0 Å². The summed E-state index contributed by atoms with van der Waals surface area (Å²) in [7, 11) is 1.66. The van der Waals surface area contributed by atoms with Crippen LogP contribution in [0.15, 0.2) is 18.2 Å². The van der Waals surface area contributed by atoms with Gasteiger partial charge in [0, 0.05) is 24.7 Å². The Hall–Kier alpha value is -1.13. The molecular formula is C17H29N3O. The van der Waals surface area contributed by atoms with Gasteiger partial charge in [-0.15, -0.1) is 0 Å². The summed E-state index contributed by atoms with van der Waals surface area (Å²) in [5.74, 6) is 0.686. The summed E-state index contributed by atoms with van der Waals surface area (Å²) in [6.45, 7) is 4.83. The maximum atomic E-state index is 6.21. The summed E-state index contributed by atoms with van der Waals surface area (Å²) >= 11 is 0. The first-order chi connectivity index (χ1) is 10.2. The highest BCUT2D eigenvalue weighted by Gasteiger charge is 2.35. The second-order valence-corrected chi connectivity index (χ2v) is 6.03. The van der Waals surface area contributed by atoms with Gasteiger partial charge in [0.05, 0.1) is 12.8 Å². The van der Waals surface area contributed by atoms with Crippen molar-refractivity contribution in [1.82, 2.24) is 9.88 Å². The lowest BCUT2D eigenvalue weighted by atomic mass is 9.88. The molecule has 0 aliphatic heterocycles. The lowest BCUT2D eigenvalue weighted by Gasteiger charge is -2.42. The summed E-state index contributed by atoms with van der Waals surface area (Å²) in [6, 6.07) is 5.98. The van der Waals surface area contributed by atoms with Gasteiger partial charge in [-0.05, 0) is 25.5 Å². The molecule has 1 aromatic heterocycles. The van der Waals surface area contributed by atoms with E-state index in [9.17, 15) is 0 Å². The van der Waals surface area contributed by atoms with Gasteiger partial charge in [-0.1, -0.05) is 38.7 Å². The molecule has 2 N–H and O–H groups in total. The summed E-state index contributed by atoms with van der Waals surface area (Å²) < 4.78 is 5.23. The minimum atomic E-state index is 0.149. The van der Waals surface area contributed by atoms with Crippen LogP contribution in [0.25, 0.3) is 0 Å². The normalized spacial score (nSPS) is 18.5. The quantitative estimate of drug-likeness (QED) is 0.819. The molecule has 0 saturated heterocycles. The van der Waals surface area contributed by atoms with Gasteiger partial charge in [0.2, 0.25) is 5.88 Å². The van der Waals surface area contributed by atoms with E-state index in [-0.39, 0.29) is 5.54 Å². The zero-order valence-corrected chi connectivity index (χ0v) is 13.5. The minimum Gasteiger partial charge on any atom is -0.481 e. The largest absolute Gasteiger partial charge is 0.481 e. The molecule has 0 aromatic carbocycles. The fourth-order valence-electron chi connectivity index (χ4n) is 3.51. The number of hydrogen-bond acceptors (Lipinski definition) is 4. The highest BCUT2D eigenvalue weighted by Crippen LogP contribution is 2.32. The number of aromatic nitrogens is 1. The Labute approximate surface area is 128 Å². The lowest BCUT2D eigenvalue weighted by molar-refractivity contribution is 0.0742. The number of rotatable bonds is 6. The van der Waals surface area contributed by atoms with Crippen LogP contribution in [-0.4, -0.2) is 35.6 Å². The fraction of sp³-hybridized carbons (Fsp3) is 0.706. The maximum Gasteiger partial charge on any atom is 0.213 e. The molecule has 0 bridgehead atoms. The van der Waals surface area contributed by atoms with Crippen LogP contribution >= 0.6 is 0 Å². The van der Waals surface area contributed by atoms with Crippen molar-refractivity contribution >= 4 is 0 Å². The van der Waals surface area contributed by atoms with E-state index in [0.717, 1.165) is 25.3 Å². The second-order valence-electron chi connectivity index (χ2n) is 6.03. The van der Waals surface area contributed by atoms with Crippen LogP contribution < -0.4 is 10.5 Å². The number of ether oxygens (including phenoxy) is 1. The number of hydrogen-bond donors (Lipinski definition) is 1. The average Bonchev–Trinajstić information content (AvgIpc) is 2.79. The zero-order chi connectivity index (χ0) is 15.1. The van der Waals surface area contributed by atoms with Gasteiger partial charge in [0.1, 0.15) is 0 Å². The Kier molecular flexibility index (Phi) is 6.00. The third-order valence-electron chi connectivity index (χ3n) is 4.81. The summed E-state index contributed by atoms with van der Waals surface area (Å²) in [6.07, 6.45) is 7.69. The molecule has 0 radical (unpaired) electrons. The van der Waals surface area contributed by atoms with Crippen molar-refractivity contribution in [1.29, 1.82) is 0 Å². The molecule has 1 heterocycles. The molecule has 118 valence electrons. The molecule has 0 atom stereocenters. The van der Waals surface area contributed by atoms with Crippen molar-refractivity contribution in [3.05, 3.63) is 23.9 Å². The monoisotopic (exact) mass is 291 g/mol. The molecule has 4 nitrogen and oxygen atoms in total. The molecule has 1 aromatic rings. The van der Waals surface area contributed by atoms with Crippen LogP contribution in [0.3, 0.4) is 0 Å². The van der Waals surface area contributed by atoms with Crippen molar-refractivity contribution in [2.24, 2.45) is 5.73 Å². The maximum absolute atomic E-state index is 6.21. The Morgan fingerprint density at radius 3 is 2.52 bits per heavy atom. The highest BCUT2D eigenvalue weighted by molar-refractivity contribution is 5.16. The zero-order valence-electron chi connectivity index (χ0n) is 13.5. The molecule has 0 amide bonds. The lowest BCUT2D eigenvalue weighted by Crippen LogP contribution is -2.53. The van der Waals surface area contributed by atoms with E-state index in [4.69, 9.17) is 10.5 Å². The fourth-order valence-corrected chi connectivity index (χ4v) is 3.51. The van der Waals surface area contributed by atoms with Crippen molar-refractivity contribution < 1.29 is 4.74 Å². The number of nitrogens with zero attached hydrogens (tertiary/aromatic N) is 2. The smallest absolute Gasteiger partial charge is 0.213 e. The molecule has 21 heavy (non-hydrogen) atoms. The molecular weight excluding hydrogens is 262 g/mol. The van der Waals surface area contributed by atoms with Gasteiger partial charge in [-0.3, -0.25) is 4.90 Å². The van der Waals surface area contributed by atoms with Crippen LogP contribution in [-0.2, 0) is 6.54 Å². The van der Waals surface area contributed by atoms with Crippen molar-refractivity contribution in [2.75, 3.05) is 20.2 Å². The molecule has 2 rings (SSSR count). The van der Waals surface area contributed by atoms with Crippen molar-refractivity contribution in [2.45, 2.75) is 57.5 Å². The predicted octanol–water partition coefficient (Wildman–Crippen LogP) is 2.96. The standard InChI is InChI=1S/C17H29N3O/c1-3-20(13-15-9-8-10-16(19-15)21-2)17(14-18)11-6-4-5-7-12-17/h8-10H,3-7,11-14,18H2,1-2H3. The summed E-state index contributed by atoms with van der Waals surface area (Å²) in [4.78, 5) is 7.09. The number of likely N-dealkylation sites (N-methyl/N-ethyl adjacent to an activating group) is 1. The van der Waals surface area contributed by atoms with Crippen LogP contribution in [0.1, 0.15) is 51.1 Å². The van der Waals surface area contributed by atoms with Crippen molar-refractivity contribution in [3.8, 4) is 5.88 Å². The Morgan fingerprint density at radius 2 is 1.95 bits per heavy atom. The van der Waals surface area contributed by atoms with E-state index < -0.39 is 0 Å². The SMILES string of the molecule is CCN(Cc1cccc(OC)n1)C1(CN)CCCCCC1. The van der Waals surface area contributed by atoms with E-state index in [1.165, 1.54) is 38.5 Å². The third kappa shape index (κ3) is 3.95. The first kappa shape index (κ1) is 16.2. The van der Waals surface area contributed by atoms with Gasteiger partial charge >= 0.3 is 0 Å². The van der Waals surface area contributed by atoms with Crippen LogP contribution in [0.4, 0.5) is 0 Å². The summed E-state index contributed by atoms with van der Waals surface area (Å²) in [5.41, 5.74) is 7.42. The Morgan fingerprint density at radius 1 is 1.24 bits per heavy atom. The van der Waals surface area contributed by atoms with Gasteiger partial charge < -0.3 is 10.5 Å². The number of nitrogens with two attached hydrogens (primary N) is 1. The number of methoxy groups -OCH3 is 1. The van der Waals surface area contributed by atoms with E-state index in [2.05, 4.69) is 22.9 Å². The highest BCUT2D eigenvalue weighted by atomic mass is 16.5. The molecule has 1 aliphatic carbocycles.